The summed E-state index contributed by atoms with van der Waals surface area (Å²) < 4.78 is 7.48. The van der Waals surface area contributed by atoms with E-state index in [0.29, 0.717) is 6.54 Å². The number of anilines is 1. The summed E-state index contributed by atoms with van der Waals surface area (Å²) in [5, 5.41) is 4.86. The van der Waals surface area contributed by atoms with Crippen molar-refractivity contribution < 1.29 is 4.74 Å². The third-order valence-electron chi connectivity index (χ3n) is 5.16. The van der Waals surface area contributed by atoms with Gasteiger partial charge >= 0.3 is 0 Å². The number of rotatable bonds is 5. The maximum Gasteiger partial charge on any atom is 0.158 e. The Labute approximate surface area is 175 Å². The van der Waals surface area contributed by atoms with Gasteiger partial charge in [0.05, 0.1) is 31.1 Å². The molecule has 0 N–H and O–H groups in total. The topological polar surface area (TPSA) is 55.0 Å². The predicted molar refractivity (Wildman–Crippen MR) is 119 cm³/mol. The predicted octanol–water partition coefficient (Wildman–Crippen LogP) is 3.85. The molecular formula is C24H23N5O. The fourth-order valence-electron chi connectivity index (χ4n) is 3.64. The van der Waals surface area contributed by atoms with Crippen molar-refractivity contribution in [3.8, 4) is 11.3 Å². The van der Waals surface area contributed by atoms with Gasteiger partial charge in [-0.2, -0.15) is 9.61 Å². The molecule has 1 aliphatic rings. The van der Waals surface area contributed by atoms with Crippen LogP contribution < -0.4 is 4.90 Å². The highest BCUT2D eigenvalue weighted by atomic mass is 16.5. The Kier molecular flexibility index (Phi) is 5.23. The van der Waals surface area contributed by atoms with Gasteiger partial charge in [-0.3, -0.25) is 4.99 Å². The zero-order valence-corrected chi connectivity index (χ0v) is 16.7. The molecular weight excluding hydrogens is 374 g/mol. The average molecular weight is 397 g/mol. The first-order valence-electron chi connectivity index (χ1n) is 10.2. The Morgan fingerprint density at radius 1 is 0.933 bits per heavy atom. The first-order chi connectivity index (χ1) is 14.9. The maximum atomic E-state index is 5.54. The molecule has 0 aliphatic carbocycles. The van der Waals surface area contributed by atoms with E-state index in [1.807, 2.05) is 65.3 Å². The lowest BCUT2D eigenvalue weighted by molar-refractivity contribution is 0.122. The van der Waals surface area contributed by atoms with Gasteiger partial charge < -0.3 is 9.64 Å². The van der Waals surface area contributed by atoms with Gasteiger partial charge in [0, 0.05) is 37.0 Å². The van der Waals surface area contributed by atoms with E-state index in [2.05, 4.69) is 28.1 Å². The molecule has 0 unspecified atom stereocenters. The van der Waals surface area contributed by atoms with Crippen LogP contribution in [0.25, 0.3) is 16.9 Å². The SMILES string of the molecule is C(=NCc1cc(N2CCOCC2)n2nc(-c3ccccc3)cc2n1)c1ccccc1. The van der Waals surface area contributed by atoms with Crippen LogP contribution in [0.2, 0.25) is 0 Å². The Hall–Kier alpha value is -3.51. The van der Waals surface area contributed by atoms with Crippen molar-refractivity contribution in [2.24, 2.45) is 4.99 Å². The van der Waals surface area contributed by atoms with Gasteiger partial charge in [0.25, 0.3) is 0 Å². The molecule has 6 nitrogen and oxygen atoms in total. The van der Waals surface area contributed by atoms with Crippen molar-refractivity contribution >= 4 is 17.7 Å². The molecule has 3 heterocycles. The molecule has 2 aromatic heterocycles. The van der Waals surface area contributed by atoms with Crippen molar-refractivity contribution in [3.63, 3.8) is 0 Å². The number of benzene rings is 2. The van der Waals surface area contributed by atoms with E-state index in [1.165, 1.54) is 0 Å². The number of aromatic nitrogens is 3. The second-order valence-electron chi connectivity index (χ2n) is 7.25. The second kappa shape index (κ2) is 8.47. The monoisotopic (exact) mass is 397 g/mol. The summed E-state index contributed by atoms with van der Waals surface area (Å²) in [6.07, 6.45) is 1.89. The van der Waals surface area contributed by atoms with E-state index in [0.717, 1.165) is 60.3 Å². The first-order valence-corrected chi connectivity index (χ1v) is 10.2. The molecule has 2 aromatic carbocycles. The van der Waals surface area contributed by atoms with Gasteiger partial charge in [-0.1, -0.05) is 60.7 Å². The van der Waals surface area contributed by atoms with Crippen molar-refractivity contribution in [2.45, 2.75) is 6.54 Å². The zero-order valence-electron chi connectivity index (χ0n) is 16.7. The van der Waals surface area contributed by atoms with Crippen molar-refractivity contribution in [3.05, 3.63) is 84.1 Å². The van der Waals surface area contributed by atoms with Crippen molar-refractivity contribution in [2.75, 3.05) is 31.2 Å². The Balaban J connectivity index is 1.52. The number of hydrogen-bond acceptors (Lipinski definition) is 5. The molecule has 5 rings (SSSR count). The quantitative estimate of drug-likeness (QED) is 0.480. The lowest BCUT2D eigenvalue weighted by Gasteiger charge is -2.29. The minimum absolute atomic E-state index is 0.522. The fourth-order valence-corrected chi connectivity index (χ4v) is 3.64. The molecule has 0 spiro atoms. The third kappa shape index (κ3) is 3.95. The summed E-state index contributed by atoms with van der Waals surface area (Å²) in [6.45, 7) is 3.64. The van der Waals surface area contributed by atoms with Crippen LogP contribution >= 0.6 is 0 Å². The molecule has 1 saturated heterocycles. The highest BCUT2D eigenvalue weighted by molar-refractivity contribution is 5.79. The van der Waals surface area contributed by atoms with Crippen LogP contribution in [-0.2, 0) is 11.3 Å². The first kappa shape index (κ1) is 18.5. The minimum atomic E-state index is 0.522. The van der Waals surface area contributed by atoms with Crippen LogP contribution in [0, 0.1) is 0 Å². The van der Waals surface area contributed by atoms with Gasteiger partial charge in [-0.05, 0) is 5.56 Å². The van der Waals surface area contributed by atoms with E-state index in [4.69, 9.17) is 14.8 Å². The molecule has 150 valence electrons. The molecule has 1 aliphatic heterocycles. The van der Waals surface area contributed by atoms with E-state index in [9.17, 15) is 0 Å². The van der Waals surface area contributed by atoms with Gasteiger partial charge in [0.1, 0.15) is 5.82 Å². The average Bonchev–Trinajstić information content (AvgIpc) is 3.25. The normalized spacial score (nSPS) is 14.6. The van der Waals surface area contributed by atoms with Crippen LogP contribution in [0.4, 0.5) is 5.82 Å². The number of aliphatic imine (C=N–C) groups is 1. The molecule has 0 atom stereocenters. The summed E-state index contributed by atoms with van der Waals surface area (Å²) in [5.74, 6) is 1.04. The van der Waals surface area contributed by atoms with E-state index in [-0.39, 0.29) is 0 Å². The van der Waals surface area contributed by atoms with Crippen LogP contribution in [0.5, 0.6) is 0 Å². The number of fused-ring (bicyclic) bond motifs is 1. The maximum absolute atomic E-state index is 5.54. The molecule has 4 aromatic rings. The smallest absolute Gasteiger partial charge is 0.158 e. The molecule has 6 heteroatoms. The Bertz CT molecular complexity index is 1150. The second-order valence-corrected chi connectivity index (χ2v) is 7.25. The Morgan fingerprint density at radius 3 is 2.43 bits per heavy atom. The molecule has 1 fully saturated rings. The number of nitrogens with zero attached hydrogens (tertiary/aromatic N) is 5. The number of morpholine rings is 1. The van der Waals surface area contributed by atoms with E-state index >= 15 is 0 Å². The van der Waals surface area contributed by atoms with Crippen molar-refractivity contribution in [1.29, 1.82) is 0 Å². The molecule has 0 amide bonds. The van der Waals surface area contributed by atoms with E-state index < -0.39 is 0 Å². The standard InChI is InChI=1S/C24H23N5O/c1-3-7-19(8-4-1)17-25-18-21-15-24(28-11-13-30-14-12-28)29-23(26-21)16-22(27-29)20-9-5-2-6-10-20/h1-10,15-17H,11-14,18H2. The third-order valence-corrected chi connectivity index (χ3v) is 5.16. The van der Waals surface area contributed by atoms with Gasteiger partial charge in [0.2, 0.25) is 0 Å². The van der Waals surface area contributed by atoms with Gasteiger partial charge in [-0.25, -0.2) is 4.98 Å². The van der Waals surface area contributed by atoms with Crippen LogP contribution in [0.15, 0.2) is 77.8 Å². The van der Waals surface area contributed by atoms with E-state index in [1.54, 1.807) is 0 Å². The summed E-state index contributed by atoms with van der Waals surface area (Å²) in [6, 6.07) is 24.5. The molecule has 0 radical (unpaired) electrons. The summed E-state index contributed by atoms with van der Waals surface area (Å²) in [5.41, 5.74) is 4.85. The number of hydrogen-bond donors (Lipinski definition) is 0. The lowest BCUT2D eigenvalue weighted by atomic mass is 10.2. The molecule has 0 bridgehead atoms. The Morgan fingerprint density at radius 2 is 1.67 bits per heavy atom. The number of ether oxygens (including phenoxy) is 1. The summed E-state index contributed by atoms with van der Waals surface area (Å²) >= 11 is 0. The summed E-state index contributed by atoms with van der Waals surface area (Å²) in [4.78, 5) is 11.8. The fraction of sp³-hybridized carbons (Fsp3) is 0.208. The highest BCUT2D eigenvalue weighted by Gasteiger charge is 2.18. The van der Waals surface area contributed by atoms with Crippen molar-refractivity contribution in [1.82, 2.24) is 14.6 Å². The van der Waals surface area contributed by atoms with Crippen LogP contribution in [0.1, 0.15) is 11.3 Å². The van der Waals surface area contributed by atoms with Crippen LogP contribution in [0.3, 0.4) is 0 Å². The largest absolute Gasteiger partial charge is 0.378 e. The minimum Gasteiger partial charge on any atom is -0.378 e. The summed E-state index contributed by atoms with van der Waals surface area (Å²) in [7, 11) is 0. The van der Waals surface area contributed by atoms with Gasteiger partial charge in [0.15, 0.2) is 5.65 Å². The zero-order chi connectivity index (χ0) is 20.2. The molecule has 30 heavy (non-hydrogen) atoms. The lowest BCUT2D eigenvalue weighted by Crippen LogP contribution is -2.37. The molecule has 0 saturated carbocycles. The van der Waals surface area contributed by atoms with Gasteiger partial charge in [-0.15, -0.1) is 0 Å². The van der Waals surface area contributed by atoms with Crippen LogP contribution in [-0.4, -0.2) is 47.1 Å². The highest BCUT2D eigenvalue weighted by Crippen LogP contribution is 2.24.